The predicted molar refractivity (Wildman–Crippen MR) is 74.3 cm³/mol. The zero-order chi connectivity index (χ0) is 13.7. The molecule has 0 aliphatic carbocycles. The monoisotopic (exact) mass is 257 g/mol. The maximum Gasteiger partial charge on any atom is 0.326 e. The van der Waals surface area contributed by atoms with Gasteiger partial charge in [0.25, 0.3) is 0 Å². The van der Waals surface area contributed by atoms with E-state index in [1.165, 1.54) is 0 Å². The van der Waals surface area contributed by atoms with Crippen LogP contribution in [0.25, 0.3) is 10.8 Å². The van der Waals surface area contributed by atoms with E-state index >= 15 is 0 Å². The fourth-order valence-electron chi connectivity index (χ4n) is 2.03. The molecule has 0 saturated carbocycles. The maximum absolute atomic E-state index is 11.2. The second kappa shape index (κ2) is 6.00. The van der Waals surface area contributed by atoms with Gasteiger partial charge in [-0.2, -0.15) is 0 Å². The fourth-order valence-corrected chi connectivity index (χ4v) is 2.03. The van der Waals surface area contributed by atoms with Gasteiger partial charge in [0.15, 0.2) is 0 Å². The standard InChI is InChI=1S/C15H15NO3/c17-10-4-9-14(15(18)19)16-13-8-3-6-11-5-1-2-7-12(11)13/h1-3,5-8,10,14,16H,4,9H2,(H,18,19). The van der Waals surface area contributed by atoms with E-state index in [1.807, 2.05) is 42.5 Å². The third-order valence-corrected chi connectivity index (χ3v) is 2.99. The SMILES string of the molecule is O=CCCC(Nc1cccc2ccccc12)C(=O)O. The highest BCUT2D eigenvalue weighted by Gasteiger charge is 2.17. The Bertz CT molecular complexity index is 589. The number of benzene rings is 2. The highest BCUT2D eigenvalue weighted by atomic mass is 16.4. The summed E-state index contributed by atoms with van der Waals surface area (Å²) >= 11 is 0. The second-order valence-electron chi connectivity index (χ2n) is 4.31. The molecule has 2 rings (SSSR count). The van der Waals surface area contributed by atoms with Gasteiger partial charge in [0.2, 0.25) is 0 Å². The van der Waals surface area contributed by atoms with E-state index in [1.54, 1.807) is 0 Å². The number of hydrogen-bond acceptors (Lipinski definition) is 3. The lowest BCUT2D eigenvalue weighted by molar-refractivity contribution is -0.138. The summed E-state index contributed by atoms with van der Waals surface area (Å²) in [6, 6.07) is 12.7. The molecular weight excluding hydrogens is 242 g/mol. The smallest absolute Gasteiger partial charge is 0.326 e. The van der Waals surface area contributed by atoms with Crippen LogP contribution in [0, 0.1) is 0 Å². The number of nitrogens with one attached hydrogen (secondary N) is 1. The van der Waals surface area contributed by atoms with Crippen LogP contribution >= 0.6 is 0 Å². The lowest BCUT2D eigenvalue weighted by atomic mass is 10.1. The van der Waals surface area contributed by atoms with Crippen molar-refractivity contribution in [3.8, 4) is 0 Å². The Kier molecular flexibility index (Phi) is 4.13. The number of carbonyl (C=O) groups excluding carboxylic acids is 1. The van der Waals surface area contributed by atoms with E-state index < -0.39 is 12.0 Å². The van der Waals surface area contributed by atoms with Crippen LogP contribution in [0.3, 0.4) is 0 Å². The van der Waals surface area contributed by atoms with Crippen LogP contribution in [-0.2, 0) is 9.59 Å². The van der Waals surface area contributed by atoms with Crippen LogP contribution in [0.5, 0.6) is 0 Å². The number of fused-ring (bicyclic) bond motifs is 1. The number of aliphatic carboxylic acids is 1. The van der Waals surface area contributed by atoms with Crippen molar-refractivity contribution in [1.82, 2.24) is 0 Å². The van der Waals surface area contributed by atoms with Gasteiger partial charge in [-0.3, -0.25) is 0 Å². The van der Waals surface area contributed by atoms with Crippen molar-refractivity contribution in [2.24, 2.45) is 0 Å². The van der Waals surface area contributed by atoms with Gasteiger partial charge < -0.3 is 15.2 Å². The van der Waals surface area contributed by atoms with Crippen molar-refractivity contribution in [2.45, 2.75) is 18.9 Å². The van der Waals surface area contributed by atoms with E-state index in [9.17, 15) is 9.59 Å². The number of aldehydes is 1. The first-order chi connectivity index (χ1) is 9.22. The van der Waals surface area contributed by atoms with Crippen LogP contribution in [-0.4, -0.2) is 23.4 Å². The molecule has 0 aromatic heterocycles. The zero-order valence-electron chi connectivity index (χ0n) is 10.4. The molecule has 0 aliphatic heterocycles. The minimum atomic E-state index is -0.949. The Labute approximate surface area is 111 Å². The van der Waals surface area contributed by atoms with Crippen LogP contribution in [0.4, 0.5) is 5.69 Å². The van der Waals surface area contributed by atoms with Gasteiger partial charge in [0.1, 0.15) is 12.3 Å². The topological polar surface area (TPSA) is 66.4 Å². The molecule has 0 aliphatic rings. The fraction of sp³-hybridized carbons (Fsp3) is 0.200. The van der Waals surface area contributed by atoms with Crippen molar-refractivity contribution < 1.29 is 14.7 Å². The molecule has 1 atom stereocenters. The summed E-state index contributed by atoms with van der Waals surface area (Å²) in [5.74, 6) is -0.949. The average molecular weight is 257 g/mol. The minimum absolute atomic E-state index is 0.231. The molecule has 2 N–H and O–H groups in total. The van der Waals surface area contributed by atoms with E-state index in [0.717, 1.165) is 22.7 Å². The third kappa shape index (κ3) is 3.10. The minimum Gasteiger partial charge on any atom is -0.480 e. The number of carbonyl (C=O) groups is 2. The molecule has 0 radical (unpaired) electrons. The van der Waals surface area contributed by atoms with Gasteiger partial charge in [-0.05, 0) is 17.9 Å². The molecule has 2 aromatic carbocycles. The first-order valence-electron chi connectivity index (χ1n) is 6.13. The number of hydrogen-bond donors (Lipinski definition) is 2. The number of carboxylic acid groups (broad SMARTS) is 1. The third-order valence-electron chi connectivity index (χ3n) is 2.99. The molecule has 0 heterocycles. The van der Waals surface area contributed by atoms with E-state index in [-0.39, 0.29) is 12.8 Å². The van der Waals surface area contributed by atoms with E-state index in [0.29, 0.717) is 0 Å². The molecule has 0 fully saturated rings. The van der Waals surface area contributed by atoms with Crippen molar-refractivity contribution in [3.05, 3.63) is 42.5 Å². The summed E-state index contributed by atoms with van der Waals surface area (Å²) in [5.41, 5.74) is 0.774. The first kappa shape index (κ1) is 13.1. The number of anilines is 1. The summed E-state index contributed by atoms with van der Waals surface area (Å²) in [7, 11) is 0. The highest BCUT2D eigenvalue weighted by molar-refractivity contribution is 5.95. The Hall–Kier alpha value is -2.36. The Morgan fingerprint density at radius 1 is 1.21 bits per heavy atom. The normalized spacial score (nSPS) is 12.0. The largest absolute Gasteiger partial charge is 0.480 e. The lowest BCUT2D eigenvalue weighted by Gasteiger charge is -2.16. The summed E-state index contributed by atoms with van der Waals surface area (Å²) in [6.45, 7) is 0. The van der Waals surface area contributed by atoms with E-state index in [2.05, 4.69) is 5.32 Å². The second-order valence-corrected chi connectivity index (χ2v) is 4.31. The first-order valence-corrected chi connectivity index (χ1v) is 6.13. The lowest BCUT2D eigenvalue weighted by Crippen LogP contribution is -2.29. The van der Waals surface area contributed by atoms with Crippen LogP contribution < -0.4 is 5.32 Å². The molecule has 0 spiro atoms. The Balaban J connectivity index is 2.28. The van der Waals surface area contributed by atoms with Crippen molar-refractivity contribution in [2.75, 3.05) is 5.32 Å². The molecule has 98 valence electrons. The Morgan fingerprint density at radius 2 is 1.95 bits per heavy atom. The maximum atomic E-state index is 11.2. The van der Waals surface area contributed by atoms with Gasteiger partial charge in [0, 0.05) is 17.5 Å². The number of rotatable bonds is 6. The van der Waals surface area contributed by atoms with Crippen LogP contribution in [0.1, 0.15) is 12.8 Å². The molecule has 19 heavy (non-hydrogen) atoms. The van der Waals surface area contributed by atoms with E-state index in [4.69, 9.17) is 5.11 Å². The molecule has 0 amide bonds. The van der Waals surface area contributed by atoms with Gasteiger partial charge in [-0.25, -0.2) is 4.79 Å². The van der Waals surface area contributed by atoms with Crippen molar-refractivity contribution in [3.63, 3.8) is 0 Å². The summed E-state index contributed by atoms with van der Waals surface area (Å²) in [6.07, 6.45) is 1.25. The highest BCUT2D eigenvalue weighted by Crippen LogP contribution is 2.24. The quantitative estimate of drug-likeness (QED) is 0.781. The van der Waals surface area contributed by atoms with Crippen LogP contribution in [0.2, 0.25) is 0 Å². The zero-order valence-corrected chi connectivity index (χ0v) is 10.4. The molecular formula is C15H15NO3. The van der Waals surface area contributed by atoms with Gasteiger partial charge in [-0.1, -0.05) is 36.4 Å². The predicted octanol–water partition coefficient (Wildman–Crippen LogP) is 2.68. The molecule has 2 aromatic rings. The molecule has 4 heteroatoms. The molecule has 4 nitrogen and oxygen atoms in total. The molecule has 0 saturated heterocycles. The van der Waals surface area contributed by atoms with Crippen LogP contribution in [0.15, 0.2) is 42.5 Å². The average Bonchev–Trinajstić information content (AvgIpc) is 2.43. The Morgan fingerprint density at radius 3 is 2.68 bits per heavy atom. The van der Waals surface area contributed by atoms with Gasteiger partial charge in [0.05, 0.1) is 0 Å². The van der Waals surface area contributed by atoms with Crippen molar-refractivity contribution in [1.29, 1.82) is 0 Å². The summed E-state index contributed by atoms with van der Waals surface area (Å²) < 4.78 is 0. The molecule has 1 unspecified atom stereocenters. The van der Waals surface area contributed by atoms with Gasteiger partial charge in [-0.15, -0.1) is 0 Å². The summed E-state index contributed by atoms with van der Waals surface area (Å²) in [5, 5.41) is 14.2. The molecule has 0 bridgehead atoms. The van der Waals surface area contributed by atoms with Crippen molar-refractivity contribution >= 4 is 28.7 Å². The number of carboxylic acids is 1. The summed E-state index contributed by atoms with van der Waals surface area (Å²) in [4.78, 5) is 21.5. The van der Waals surface area contributed by atoms with Gasteiger partial charge >= 0.3 is 5.97 Å².